The number of benzene rings is 1. The maximum atomic E-state index is 5.43. The van der Waals surface area contributed by atoms with Gasteiger partial charge in [0.15, 0.2) is 11.5 Å². The normalized spacial score (nSPS) is 15.6. The molecule has 0 saturated heterocycles. The first kappa shape index (κ1) is 14.2. The molecule has 106 valence electrons. The Bertz CT molecular complexity index is 428. The van der Waals surface area contributed by atoms with Crippen molar-refractivity contribution >= 4 is 0 Å². The summed E-state index contributed by atoms with van der Waals surface area (Å²) < 4.78 is 10.6. The van der Waals surface area contributed by atoms with Crippen molar-refractivity contribution in [2.24, 2.45) is 5.41 Å². The highest BCUT2D eigenvalue weighted by atomic mass is 17.2. The third kappa shape index (κ3) is 3.61. The molecule has 1 atom stereocenters. The molecule has 1 unspecified atom stereocenters. The van der Waals surface area contributed by atoms with Crippen LogP contribution < -0.4 is 9.47 Å². The van der Waals surface area contributed by atoms with Crippen LogP contribution in [0.3, 0.4) is 0 Å². The van der Waals surface area contributed by atoms with Gasteiger partial charge in [-0.3, -0.25) is 0 Å². The van der Waals surface area contributed by atoms with E-state index in [2.05, 4.69) is 20.8 Å². The number of fused-ring (bicyclic) bond motifs is 1. The third-order valence-electron chi connectivity index (χ3n) is 3.49. The van der Waals surface area contributed by atoms with Crippen LogP contribution in [0, 0.1) is 5.41 Å². The monoisotopic (exact) mass is 266 g/mol. The van der Waals surface area contributed by atoms with Gasteiger partial charge in [-0.15, -0.1) is 0 Å². The van der Waals surface area contributed by atoms with Crippen LogP contribution in [0.4, 0.5) is 0 Å². The summed E-state index contributed by atoms with van der Waals surface area (Å²) >= 11 is 0. The molecule has 1 aromatic rings. The highest BCUT2D eigenvalue weighted by Gasteiger charge is 2.19. The van der Waals surface area contributed by atoms with Crippen molar-refractivity contribution in [2.45, 2.75) is 40.2 Å². The summed E-state index contributed by atoms with van der Waals surface area (Å²) in [4.78, 5) is 10.8. The second-order valence-electron chi connectivity index (χ2n) is 5.63. The molecule has 1 aromatic carbocycles. The van der Waals surface area contributed by atoms with Gasteiger partial charge in [0.2, 0.25) is 6.79 Å². The summed E-state index contributed by atoms with van der Waals surface area (Å²) in [6, 6.07) is 5.79. The first-order valence-electron chi connectivity index (χ1n) is 6.69. The van der Waals surface area contributed by atoms with Crippen molar-refractivity contribution in [1.82, 2.24) is 0 Å². The van der Waals surface area contributed by atoms with Crippen LogP contribution in [0.1, 0.15) is 45.8 Å². The van der Waals surface area contributed by atoms with Gasteiger partial charge in [0.25, 0.3) is 0 Å². The van der Waals surface area contributed by atoms with Gasteiger partial charge in [0.1, 0.15) is 6.10 Å². The molecule has 0 amide bonds. The van der Waals surface area contributed by atoms with E-state index in [9.17, 15) is 0 Å². The Morgan fingerprint density at radius 3 is 2.74 bits per heavy atom. The molecule has 0 saturated carbocycles. The summed E-state index contributed by atoms with van der Waals surface area (Å²) in [6.45, 7) is 9.28. The Morgan fingerprint density at radius 2 is 2.00 bits per heavy atom. The lowest BCUT2D eigenvalue weighted by Gasteiger charge is -2.22. The van der Waals surface area contributed by atoms with E-state index in [0.29, 0.717) is 6.61 Å². The zero-order valence-electron chi connectivity index (χ0n) is 12.1. The van der Waals surface area contributed by atoms with Crippen LogP contribution >= 0.6 is 0 Å². The van der Waals surface area contributed by atoms with Crippen LogP contribution in [-0.2, 0) is 9.78 Å². The van der Waals surface area contributed by atoms with E-state index in [4.69, 9.17) is 19.2 Å². The molecule has 0 spiro atoms. The SMILES string of the molecule is CCC(C)(C)COOC(C)c1ccc2c(c1)OCO2. The van der Waals surface area contributed by atoms with E-state index in [1.54, 1.807) is 0 Å². The molecule has 1 aliphatic heterocycles. The maximum absolute atomic E-state index is 5.43. The van der Waals surface area contributed by atoms with Crippen LogP contribution in [0.5, 0.6) is 11.5 Å². The molecule has 0 N–H and O–H groups in total. The molecule has 4 heteroatoms. The predicted molar refractivity (Wildman–Crippen MR) is 72.1 cm³/mol. The van der Waals surface area contributed by atoms with Crippen molar-refractivity contribution in [3.05, 3.63) is 23.8 Å². The van der Waals surface area contributed by atoms with E-state index < -0.39 is 0 Å². The predicted octanol–water partition coefficient (Wildman–Crippen LogP) is 3.86. The van der Waals surface area contributed by atoms with Crippen molar-refractivity contribution in [1.29, 1.82) is 0 Å². The fraction of sp³-hybridized carbons (Fsp3) is 0.600. The number of rotatable bonds is 6. The van der Waals surface area contributed by atoms with Gasteiger partial charge in [0.05, 0.1) is 6.61 Å². The van der Waals surface area contributed by atoms with E-state index in [1.165, 1.54) is 0 Å². The van der Waals surface area contributed by atoms with Gasteiger partial charge in [0, 0.05) is 0 Å². The standard InChI is InChI=1S/C15H22O4/c1-5-15(3,4)9-18-19-11(2)12-6-7-13-14(8-12)17-10-16-13/h6-8,11H,5,9-10H2,1-4H3. The van der Waals surface area contributed by atoms with Crippen LogP contribution in [0.25, 0.3) is 0 Å². The topological polar surface area (TPSA) is 36.9 Å². The molecule has 0 bridgehead atoms. The molecule has 19 heavy (non-hydrogen) atoms. The zero-order chi connectivity index (χ0) is 13.9. The number of hydrogen-bond acceptors (Lipinski definition) is 4. The highest BCUT2D eigenvalue weighted by Crippen LogP contribution is 2.35. The average molecular weight is 266 g/mol. The van der Waals surface area contributed by atoms with Crippen molar-refractivity contribution in [3.8, 4) is 11.5 Å². The zero-order valence-corrected chi connectivity index (χ0v) is 12.1. The molecule has 2 rings (SSSR count). The minimum absolute atomic E-state index is 0.134. The van der Waals surface area contributed by atoms with Crippen LogP contribution in [0.2, 0.25) is 0 Å². The molecule has 0 aromatic heterocycles. The van der Waals surface area contributed by atoms with Crippen LogP contribution in [-0.4, -0.2) is 13.4 Å². The summed E-state index contributed by atoms with van der Waals surface area (Å²) in [5.74, 6) is 1.55. The summed E-state index contributed by atoms with van der Waals surface area (Å²) in [7, 11) is 0. The number of hydrogen-bond donors (Lipinski definition) is 0. The molecule has 1 aliphatic rings. The largest absolute Gasteiger partial charge is 0.454 e. The van der Waals surface area contributed by atoms with E-state index >= 15 is 0 Å². The molecule has 0 fully saturated rings. The van der Waals surface area contributed by atoms with Gasteiger partial charge in [-0.2, -0.15) is 0 Å². The minimum atomic E-state index is -0.137. The second-order valence-corrected chi connectivity index (χ2v) is 5.63. The van der Waals surface area contributed by atoms with Gasteiger partial charge < -0.3 is 9.47 Å². The Hall–Kier alpha value is -1.26. The van der Waals surface area contributed by atoms with Crippen molar-refractivity contribution in [2.75, 3.05) is 13.4 Å². The summed E-state index contributed by atoms with van der Waals surface area (Å²) in [5, 5.41) is 0. The van der Waals surface area contributed by atoms with E-state index in [-0.39, 0.29) is 18.3 Å². The number of ether oxygens (including phenoxy) is 2. The fourth-order valence-corrected chi connectivity index (χ4v) is 1.62. The second kappa shape index (κ2) is 5.80. The van der Waals surface area contributed by atoms with Gasteiger partial charge >= 0.3 is 0 Å². The van der Waals surface area contributed by atoms with E-state index in [1.807, 2.05) is 25.1 Å². The Kier molecular flexibility index (Phi) is 4.32. The lowest BCUT2D eigenvalue weighted by atomic mass is 9.92. The lowest BCUT2D eigenvalue weighted by molar-refractivity contribution is -0.335. The first-order chi connectivity index (χ1) is 9.02. The average Bonchev–Trinajstić information content (AvgIpc) is 2.85. The van der Waals surface area contributed by atoms with Crippen molar-refractivity contribution in [3.63, 3.8) is 0 Å². The summed E-state index contributed by atoms with van der Waals surface area (Å²) in [6.07, 6.45) is 0.913. The van der Waals surface area contributed by atoms with Crippen LogP contribution in [0.15, 0.2) is 18.2 Å². The lowest BCUT2D eigenvalue weighted by Crippen LogP contribution is -2.18. The van der Waals surface area contributed by atoms with Gasteiger partial charge in [-0.1, -0.05) is 26.8 Å². The molecule has 4 nitrogen and oxygen atoms in total. The molecular weight excluding hydrogens is 244 g/mol. The van der Waals surface area contributed by atoms with E-state index in [0.717, 1.165) is 23.5 Å². The third-order valence-corrected chi connectivity index (χ3v) is 3.49. The Morgan fingerprint density at radius 1 is 1.26 bits per heavy atom. The summed E-state index contributed by atoms with van der Waals surface area (Å²) in [5.41, 5.74) is 1.15. The highest BCUT2D eigenvalue weighted by molar-refractivity contribution is 5.44. The smallest absolute Gasteiger partial charge is 0.231 e. The fourth-order valence-electron chi connectivity index (χ4n) is 1.62. The Labute approximate surface area is 114 Å². The first-order valence-corrected chi connectivity index (χ1v) is 6.69. The quantitative estimate of drug-likeness (QED) is 0.578. The maximum Gasteiger partial charge on any atom is 0.231 e. The molecule has 0 radical (unpaired) electrons. The molecule has 0 aliphatic carbocycles. The molecular formula is C15H22O4. The van der Waals surface area contributed by atoms with Crippen molar-refractivity contribution < 1.29 is 19.2 Å². The minimum Gasteiger partial charge on any atom is -0.454 e. The van der Waals surface area contributed by atoms with Gasteiger partial charge in [-0.25, -0.2) is 9.78 Å². The Balaban J connectivity index is 1.88. The van der Waals surface area contributed by atoms with Gasteiger partial charge in [-0.05, 0) is 36.5 Å². The molecule has 1 heterocycles.